The number of alkyl halides is 1. The average Bonchev–Trinajstić information content (AvgIpc) is 3.06. The Bertz CT molecular complexity index is 718. The fraction of sp³-hybridized carbons (Fsp3) is 0.214. The van der Waals surface area contributed by atoms with Crippen molar-refractivity contribution < 1.29 is 18.7 Å². The second-order valence-corrected chi connectivity index (χ2v) is 4.51. The highest BCUT2D eigenvalue weighted by molar-refractivity contribution is 5.94. The van der Waals surface area contributed by atoms with Crippen LogP contribution in [0.25, 0.3) is 0 Å². The normalized spacial score (nSPS) is 10.7. The first-order chi connectivity index (χ1) is 11.6. The second-order valence-electron chi connectivity index (χ2n) is 4.51. The number of halogens is 1. The molecule has 1 heterocycles. The van der Waals surface area contributed by atoms with Gasteiger partial charge in [-0.2, -0.15) is 5.01 Å². The fourth-order valence-corrected chi connectivity index (χ4v) is 1.69. The van der Waals surface area contributed by atoms with Crippen LogP contribution in [0.1, 0.15) is 16.1 Å². The Morgan fingerprint density at radius 1 is 1.33 bits per heavy atom. The lowest BCUT2D eigenvalue weighted by Gasteiger charge is -2.13. The number of ether oxygens (including phenoxy) is 1. The van der Waals surface area contributed by atoms with Gasteiger partial charge in [-0.05, 0) is 5.56 Å². The number of carbonyl (C=O) groups excluding carboxylic acids is 2. The van der Waals surface area contributed by atoms with Crippen LogP contribution in [-0.4, -0.2) is 40.2 Å². The molecular weight excluding hydrogens is 319 g/mol. The lowest BCUT2D eigenvalue weighted by atomic mass is 10.2. The zero-order valence-electron chi connectivity index (χ0n) is 12.6. The van der Waals surface area contributed by atoms with E-state index in [4.69, 9.17) is 10.5 Å². The van der Waals surface area contributed by atoms with E-state index in [1.54, 1.807) is 24.3 Å². The van der Waals surface area contributed by atoms with Gasteiger partial charge in [0.25, 0.3) is 5.91 Å². The molecule has 126 valence electrons. The second kappa shape index (κ2) is 8.36. The van der Waals surface area contributed by atoms with Gasteiger partial charge in [0.2, 0.25) is 5.82 Å². The largest absolute Gasteiger partial charge is 0.443 e. The zero-order valence-corrected chi connectivity index (χ0v) is 12.6. The van der Waals surface area contributed by atoms with Crippen molar-refractivity contribution in [2.24, 2.45) is 16.1 Å². The van der Waals surface area contributed by atoms with E-state index in [2.05, 4.69) is 20.3 Å². The Hall–Kier alpha value is -3.30. The van der Waals surface area contributed by atoms with Gasteiger partial charge in [-0.3, -0.25) is 4.79 Å². The standard InChI is InChI=1S/C14H15FN6O3/c15-6-7-21(14(23)24-8-10-4-2-1-3-5-10)20-19-13-11(12(16)22)17-9-18-13/h1-5,9H,6-8H2,(H2,16,22)(H,17,18)/b20-19+. The maximum atomic E-state index is 12.6. The van der Waals surface area contributed by atoms with E-state index in [0.717, 1.165) is 5.56 Å². The molecule has 0 aliphatic rings. The van der Waals surface area contributed by atoms with Crippen molar-refractivity contribution in [1.82, 2.24) is 15.0 Å². The Morgan fingerprint density at radius 3 is 2.75 bits per heavy atom. The number of aromatic amines is 1. The summed E-state index contributed by atoms with van der Waals surface area (Å²) in [4.78, 5) is 29.3. The third-order valence-electron chi connectivity index (χ3n) is 2.83. The Kier molecular flexibility index (Phi) is 5.95. The molecule has 2 rings (SSSR count). The minimum Gasteiger partial charge on any atom is -0.443 e. The molecule has 0 spiro atoms. The van der Waals surface area contributed by atoms with Gasteiger partial charge in [-0.25, -0.2) is 14.2 Å². The number of primary amides is 1. The quantitative estimate of drug-likeness (QED) is 0.594. The number of hydrogen-bond donors (Lipinski definition) is 2. The molecule has 10 heteroatoms. The summed E-state index contributed by atoms with van der Waals surface area (Å²) in [7, 11) is 0. The van der Waals surface area contributed by atoms with Gasteiger partial charge >= 0.3 is 6.09 Å². The fourth-order valence-electron chi connectivity index (χ4n) is 1.69. The lowest BCUT2D eigenvalue weighted by molar-refractivity contribution is 0.0920. The third-order valence-corrected chi connectivity index (χ3v) is 2.83. The molecule has 24 heavy (non-hydrogen) atoms. The summed E-state index contributed by atoms with van der Waals surface area (Å²) in [5, 5.41) is 7.88. The van der Waals surface area contributed by atoms with Crippen molar-refractivity contribution in [2.75, 3.05) is 13.2 Å². The number of aromatic nitrogens is 2. The molecule has 0 atom stereocenters. The number of nitrogens with two attached hydrogens (primary N) is 1. The van der Waals surface area contributed by atoms with E-state index in [1.807, 2.05) is 6.07 Å². The molecule has 0 bridgehead atoms. The van der Waals surface area contributed by atoms with Gasteiger partial charge in [0.1, 0.15) is 13.3 Å². The van der Waals surface area contributed by atoms with Crippen molar-refractivity contribution in [3.63, 3.8) is 0 Å². The minimum absolute atomic E-state index is 0.00686. The molecule has 0 aliphatic carbocycles. The topological polar surface area (TPSA) is 126 Å². The first kappa shape index (κ1) is 17.1. The number of benzene rings is 1. The van der Waals surface area contributed by atoms with Crippen LogP contribution < -0.4 is 5.73 Å². The molecule has 0 saturated carbocycles. The van der Waals surface area contributed by atoms with Gasteiger partial charge in [-0.15, -0.1) is 5.11 Å². The lowest BCUT2D eigenvalue weighted by Crippen LogP contribution is -2.28. The molecule has 9 nitrogen and oxygen atoms in total. The molecule has 0 radical (unpaired) electrons. The van der Waals surface area contributed by atoms with Crippen LogP contribution in [0.15, 0.2) is 47.0 Å². The summed E-state index contributed by atoms with van der Waals surface area (Å²) in [6, 6.07) is 8.97. The number of nitrogens with one attached hydrogen (secondary N) is 1. The summed E-state index contributed by atoms with van der Waals surface area (Å²) in [5.41, 5.74) is 5.82. The first-order valence-electron chi connectivity index (χ1n) is 6.91. The smallest absolute Gasteiger partial charge is 0.432 e. The Balaban J connectivity index is 2.02. The molecule has 0 saturated heterocycles. The zero-order chi connectivity index (χ0) is 17.4. The van der Waals surface area contributed by atoms with Gasteiger partial charge in [0, 0.05) is 0 Å². The number of H-pyrrole nitrogens is 1. The number of rotatable bonds is 7. The maximum absolute atomic E-state index is 12.6. The third kappa shape index (κ3) is 4.60. The van der Waals surface area contributed by atoms with Crippen LogP contribution in [0, 0.1) is 0 Å². The van der Waals surface area contributed by atoms with Crippen molar-refractivity contribution in [2.45, 2.75) is 6.61 Å². The molecule has 1 aromatic carbocycles. The molecule has 0 unspecified atom stereocenters. The Morgan fingerprint density at radius 2 is 2.08 bits per heavy atom. The van der Waals surface area contributed by atoms with E-state index < -0.39 is 18.7 Å². The number of nitrogens with zero attached hydrogens (tertiary/aromatic N) is 4. The Labute approximate surface area is 136 Å². The van der Waals surface area contributed by atoms with E-state index in [1.165, 1.54) is 6.33 Å². The number of hydrogen-bond acceptors (Lipinski definition) is 6. The molecule has 0 fully saturated rings. The SMILES string of the molecule is NC(=O)c1[nH]cnc1/N=N/N(CCF)C(=O)OCc1ccccc1. The van der Waals surface area contributed by atoms with Gasteiger partial charge < -0.3 is 15.5 Å². The van der Waals surface area contributed by atoms with Gasteiger partial charge in [0.15, 0.2) is 5.69 Å². The molecule has 0 aliphatic heterocycles. The monoisotopic (exact) mass is 334 g/mol. The molecule has 2 aromatic rings. The molecule has 3 N–H and O–H groups in total. The summed E-state index contributed by atoms with van der Waals surface area (Å²) < 4.78 is 17.6. The number of amides is 2. The minimum atomic E-state index is -0.878. The highest BCUT2D eigenvalue weighted by Gasteiger charge is 2.16. The highest BCUT2D eigenvalue weighted by Crippen LogP contribution is 2.14. The van der Waals surface area contributed by atoms with Crippen LogP contribution in [0.3, 0.4) is 0 Å². The van der Waals surface area contributed by atoms with Crippen molar-refractivity contribution >= 4 is 17.8 Å². The van der Waals surface area contributed by atoms with Crippen molar-refractivity contribution in [3.8, 4) is 0 Å². The van der Waals surface area contributed by atoms with Crippen LogP contribution >= 0.6 is 0 Å². The van der Waals surface area contributed by atoms with E-state index in [0.29, 0.717) is 5.01 Å². The van der Waals surface area contributed by atoms with Gasteiger partial charge in [0.05, 0.1) is 12.9 Å². The summed E-state index contributed by atoms with van der Waals surface area (Å²) in [6.07, 6.45) is 0.318. The molecular formula is C14H15FN6O3. The summed E-state index contributed by atoms with van der Waals surface area (Å²) in [5.74, 6) is -0.896. The van der Waals surface area contributed by atoms with Gasteiger partial charge in [-0.1, -0.05) is 35.6 Å². The maximum Gasteiger partial charge on any atom is 0.432 e. The highest BCUT2D eigenvalue weighted by atomic mass is 19.1. The summed E-state index contributed by atoms with van der Waals surface area (Å²) in [6.45, 7) is -1.19. The first-order valence-corrected chi connectivity index (χ1v) is 6.91. The van der Waals surface area contributed by atoms with Crippen LogP contribution in [-0.2, 0) is 11.3 Å². The van der Waals surface area contributed by atoms with Crippen LogP contribution in [0.5, 0.6) is 0 Å². The van der Waals surface area contributed by atoms with E-state index in [-0.39, 0.29) is 24.7 Å². The summed E-state index contributed by atoms with van der Waals surface area (Å²) >= 11 is 0. The predicted molar refractivity (Wildman–Crippen MR) is 80.9 cm³/mol. The van der Waals surface area contributed by atoms with Crippen molar-refractivity contribution in [1.29, 1.82) is 0 Å². The molecule has 2 amide bonds. The van der Waals surface area contributed by atoms with E-state index in [9.17, 15) is 14.0 Å². The predicted octanol–water partition coefficient (Wildman–Crippen LogP) is 2.12. The average molecular weight is 334 g/mol. The van der Waals surface area contributed by atoms with Crippen LogP contribution in [0.4, 0.5) is 15.0 Å². The number of imidazole rings is 1. The van der Waals surface area contributed by atoms with E-state index >= 15 is 0 Å². The van der Waals surface area contributed by atoms with Crippen molar-refractivity contribution in [3.05, 3.63) is 47.9 Å². The number of carbonyl (C=O) groups is 2. The molecule has 1 aromatic heterocycles. The van der Waals surface area contributed by atoms with Crippen LogP contribution in [0.2, 0.25) is 0 Å².